The third-order valence-electron chi connectivity index (χ3n) is 3.95. The summed E-state index contributed by atoms with van der Waals surface area (Å²) in [6, 6.07) is 22.1. The quantitative estimate of drug-likeness (QED) is 0.497. The second kappa shape index (κ2) is 8.61. The molecule has 0 N–H and O–H groups in total. The Morgan fingerprint density at radius 2 is 1.11 bits per heavy atom. The molecule has 0 aliphatic heterocycles. The Morgan fingerprint density at radius 1 is 0.679 bits per heavy atom. The molecule has 0 aliphatic rings. The summed E-state index contributed by atoms with van der Waals surface area (Å²) in [5.74, 6) is -2.34. The molecule has 3 aromatic rings. The van der Waals surface area contributed by atoms with Crippen molar-refractivity contribution in [2.24, 2.45) is 0 Å². The van der Waals surface area contributed by atoms with E-state index in [0.29, 0.717) is 0 Å². The molecule has 0 atom stereocenters. The lowest BCUT2D eigenvalue weighted by Gasteiger charge is -2.17. The zero-order valence-corrected chi connectivity index (χ0v) is 14.8. The van der Waals surface area contributed by atoms with Crippen molar-refractivity contribution in [1.82, 2.24) is 0 Å². The molecule has 6 heteroatoms. The number of alkyl halides is 3. The molecule has 0 aromatic heterocycles. The van der Waals surface area contributed by atoms with Gasteiger partial charge in [0.1, 0.15) is 30.3 Å². The number of rotatable bonds is 7. The van der Waals surface area contributed by atoms with Gasteiger partial charge in [-0.3, -0.25) is 4.79 Å². The summed E-state index contributed by atoms with van der Waals surface area (Å²) in [5.41, 5.74) is 0.911. The average molecular weight is 386 g/mol. The van der Waals surface area contributed by atoms with Crippen LogP contribution in [0.1, 0.15) is 21.5 Å². The number of halogens is 3. The number of hydrogen-bond donors (Lipinski definition) is 0. The largest absolute Gasteiger partial charge is 0.488 e. The van der Waals surface area contributed by atoms with Crippen molar-refractivity contribution in [3.63, 3.8) is 0 Å². The minimum absolute atomic E-state index is 0.0289. The van der Waals surface area contributed by atoms with Crippen molar-refractivity contribution in [1.29, 1.82) is 0 Å². The van der Waals surface area contributed by atoms with Gasteiger partial charge < -0.3 is 9.47 Å². The van der Waals surface area contributed by atoms with Crippen LogP contribution in [0.15, 0.2) is 78.9 Å². The minimum Gasteiger partial charge on any atom is -0.488 e. The van der Waals surface area contributed by atoms with Crippen LogP contribution < -0.4 is 9.47 Å². The van der Waals surface area contributed by atoms with Crippen molar-refractivity contribution in [3.05, 3.63) is 95.6 Å². The van der Waals surface area contributed by atoms with Gasteiger partial charge in [-0.05, 0) is 23.3 Å². The van der Waals surface area contributed by atoms with E-state index < -0.39 is 17.5 Å². The van der Waals surface area contributed by atoms with Crippen LogP contribution in [0.5, 0.6) is 11.5 Å². The summed E-state index contributed by atoms with van der Waals surface area (Å²) in [7, 11) is 0. The van der Waals surface area contributed by atoms with Gasteiger partial charge in [0.05, 0.1) is 0 Å². The average Bonchev–Trinajstić information content (AvgIpc) is 2.71. The van der Waals surface area contributed by atoms with Crippen LogP contribution >= 0.6 is 0 Å². The first-order valence-electron chi connectivity index (χ1n) is 8.53. The molecule has 0 fully saturated rings. The number of carbonyl (C=O) groups excluding carboxylic acids is 1. The molecular formula is C22H17F3O3. The first-order valence-corrected chi connectivity index (χ1v) is 8.53. The van der Waals surface area contributed by atoms with Gasteiger partial charge in [-0.25, -0.2) is 0 Å². The Balaban J connectivity index is 1.88. The van der Waals surface area contributed by atoms with E-state index in [4.69, 9.17) is 9.47 Å². The summed E-state index contributed by atoms with van der Waals surface area (Å²) in [6.45, 7) is 0.0578. The maximum atomic E-state index is 13.2. The zero-order valence-electron chi connectivity index (χ0n) is 14.8. The molecule has 0 saturated heterocycles. The van der Waals surface area contributed by atoms with Crippen molar-refractivity contribution >= 4 is 5.78 Å². The van der Waals surface area contributed by atoms with Gasteiger partial charge in [-0.2, -0.15) is 13.2 Å². The number of ether oxygens (including phenoxy) is 2. The van der Waals surface area contributed by atoms with Crippen molar-refractivity contribution in [3.8, 4) is 11.5 Å². The van der Waals surface area contributed by atoms with Crippen LogP contribution in [-0.4, -0.2) is 12.0 Å². The van der Waals surface area contributed by atoms with Gasteiger partial charge >= 0.3 is 6.18 Å². The Bertz CT molecular complexity index is 861. The third kappa shape index (κ3) is 4.91. The highest BCUT2D eigenvalue weighted by atomic mass is 19.4. The van der Waals surface area contributed by atoms with Gasteiger partial charge in [0.15, 0.2) is 0 Å². The number of Topliss-reactive ketones (excluding diaryl/α,β-unsaturated/α-hetero) is 1. The smallest absolute Gasteiger partial charge is 0.455 e. The predicted octanol–water partition coefficient (Wildman–Crippen LogP) is 5.59. The van der Waals surface area contributed by atoms with Gasteiger partial charge in [0.25, 0.3) is 5.78 Å². The molecule has 0 amide bonds. The fourth-order valence-electron chi connectivity index (χ4n) is 2.59. The van der Waals surface area contributed by atoms with Crippen LogP contribution in [0.3, 0.4) is 0 Å². The molecule has 0 aliphatic carbocycles. The fraction of sp³-hybridized carbons (Fsp3) is 0.136. The Kier molecular flexibility index (Phi) is 5.99. The molecule has 0 bridgehead atoms. The van der Waals surface area contributed by atoms with Crippen LogP contribution in [0, 0.1) is 0 Å². The highest BCUT2D eigenvalue weighted by Gasteiger charge is 2.42. The van der Waals surface area contributed by atoms with Gasteiger partial charge in [0.2, 0.25) is 0 Å². The third-order valence-corrected chi connectivity index (χ3v) is 3.95. The first kappa shape index (κ1) is 19.5. The lowest BCUT2D eigenvalue weighted by molar-refractivity contribution is -0.0888. The lowest BCUT2D eigenvalue weighted by atomic mass is 10.1. The van der Waals surface area contributed by atoms with Gasteiger partial charge in [-0.15, -0.1) is 0 Å². The molecule has 3 nitrogen and oxygen atoms in total. The van der Waals surface area contributed by atoms with Crippen molar-refractivity contribution in [2.75, 3.05) is 0 Å². The summed E-state index contributed by atoms with van der Waals surface area (Å²) in [4.78, 5) is 12.0. The predicted molar refractivity (Wildman–Crippen MR) is 98.4 cm³/mol. The van der Waals surface area contributed by atoms with E-state index in [2.05, 4.69) is 0 Å². The standard InChI is InChI=1S/C22H17F3O3/c23-22(24,25)21(26)20-18(27-14-16-8-3-1-4-9-16)12-7-13-19(20)28-15-17-10-5-2-6-11-17/h1-13H,14-15H2. The van der Waals surface area contributed by atoms with E-state index in [1.807, 2.05) is 12.1 Å². The second-order valence-corrected chi connectivity index (χ2v) is 6.00. The topological polar surface area (TPSA) is 35.5 Å². The maximum absolute atomic E-state index is 13.2. The summed E-state index contributed by atoms with van der Waals surface area (Å²) < 4.78 is 50.5. The highest BCUT2D eigenvalue weighted by Crippen LogP contribution is 2.35. The van der Waals surface area contributed by atoms with E-state index in [9.17, 15) is 18.0 Å². The monoisotopic (exact) mass is 386 g/mol. The summed E-state index contributed by atoms with van der Waals surface area (Å²) in [6.07, 6.45) is -5.04. The molecule has 0 spiro atoms. The van der Waals surface area contributed by atoms with E-state index in [1.54, 1.807) is 48.5 Å². The highest BCUT2D eigenvalue weighted by molar-refractivity contribution is 6.04. The number of hydrogen-bond acceptors (Lipinski definition) is 3. The van der Waals surface area contributed by atoms with Crippen LogP contribution in [0.25, 0.3) is 0 Å². The second-order valence-electron chi connectivity index (χ2n) is 6.00. The van der Waals surface area contributed by atoms with Gasteiger partial charge in [0, 0.05) is 0 Å². The number of benzene rings is 3. The summed E-state index contributed by atoms with van der Waals surface area (Å²) in [5, 5.41) is 0. The molecule has 3 rings (SSSR count). The Hall–Kier alpha value is -3.28. The SMILES string of the molecule is O=C(c1c(OCc2ccccc2)cccc1OCc1ccccc1)C(F)(F)F. The zero-order chi connectivity index (χ0) is 20.0. The normalized spacial score (nSPS) is 11.1. The number of carbonyl (C=O) groups is 1. The fourth-order valence-corrected chi connectivity index (χ4v) is 2.59. The molecule has 0 unspecified atom stereocenters. The molecular weight excluding hydrogens is 369 g/mol. The molecule has 144 valence electrons. The Labute approximate surface area is 160 Å². The van der Waals surface area contributed by atoms with Crippen LogP contribution in [0.4, 0.5) is 13.2 Å². The van der Waals surface area contributed by atoms with E-state index in [1.165, 1.54) is 18.2 Å². The molecule has 0 radical (unpaired) electrons. The van der Waals surface area contributed by atoms with Crippen molar-refractivity contribution in [2.45, 2.75) is 19.4 Å². The molecule has 3 aromatic carbocycles. The number of ketones is 1. The van der Waals surface area contributed by atoms with Crippen LogP contribution in [0.2, 0.25) is 0 Å². The minimum atomic E-state index is -5.04. The van der Waals surface area contributed by atoms with Crippen molar-refractivity contribution < 1.29 is 27.4 Å². The van der Waals surface area contributed by atoms with E-state index in [-0.39, 0.29) is 24.7 Å². The van der Waals surface area contributed by atoms with Gasteiger partial charge in [-0.1, -0.05) is 66.7 Å². The molecule has 0 saturated carbocycles. The maximum Gasteiger partial charge on any atom is 0.455 e. The first-order chi connectivity index (χ1) is 13.4. The van der Waals surface area contributed by atoms with E-state index >= 15 is 0 Å². The van der Waals surface area contributed by atoms with E-state index in [0.717, 1.165) is 11.1 Å². The Morgan fingerprint density at radius 3 is 1.50 bits per heavy atom. The molecule has 28 heavy (non-hydrogen) atoms. The summed E-state index contributed by atoms with van der Waals surface area (Å²) >= 11 is 0. The molecule has 0 heterocycles. The lowest BCUT2D eigenvalue weighted by Crippen LogP contribution is -2.24. The van der Waals surface area contributed by atoms with Crippen LogP contribution in [-0.2, 0) is 13.2 Å².